The summed E-state index contributed by atoms with van der Waals surface area (Å²) >= 11 is 0. The van der Waals surface area contributed by atoms with Crippen molar-refractivity contribution < 1.29 is 18.0 Å². The summed E-state index contributed by atoms with van der Waals surface area (Å²) in [6.07, 6.45) is 0. The Hall–Kier alpha value is -2.25. The van der Waals surface area contributed by atoms with Crippen LogP contribution in [0, 0.1) is 0 Å². The summed E-state index contributed by atoms with van der Waals surface area (Å²) in [5.41, 5.74) is 0.797. The van der Waals surface area contributed by atoms with E-state index in [1.54, 1.807) is 32.0 Å². The number of benzene rings is 2. The molecule has 1 aliphatic rings. The van der Waals surface area contributed by atoms with Crippen LogP contribution in [-0.4, -0.2) is 37.6 Å². The first kappa shape index (κ1) is 16.6. The zero-order chi connectivity index (χ0) is 17.6. The van der Waals surface area contributed by atoms with Crippen LogP contribution in [0.3, 0.4) is 0 Å². The van der Waals surface area contributed by atoms with Crippen molar-refractivity contribution in [2.24, 2.45) is 0 Å². The number of sulfonamides is 1. The van der Waals surface area contributed by atoms with Crippen LogP contribution >= 0.6 is 0 Å². The van der Waals surface area contributed by atoms with Crippen LogP contribution in [0.2, 0.25) is 0 Å². The highest BCUT2D eigenvalue weighted by Crippen LogP contribution is 2.40. The minimum absolute atomic E-state index is 0.157. The van der Waals surface area contributed by atoms with E-state index in [0.29, 0.717) is 35.1 Å². The summed E-state index contributed by atoms with van der Waals surface area (Å²) in [5, 5.41) is 0.986. The molecule has 0 radical (unpaired) electrons. The second-order valence-electron chi connectivity index (χ2n) is 5.56. The molecule has 0 unspecified atom stereocenters. The van der Waals surface area contributed by atoms with Gasteiger partial charge in [0.2, 0.25) is 15.9 Å². The van der Waals surface area contributed by atoms with Gasteiger partial charge in [0.1, 0.15) is 0 Å². The molecule has 0 bridgehead atoms. The van der Waals surface area contributed by atoms with Crippen molar-refractivity contribution in [3.8, 4) is 0 Å². The molecule has 0 atom stereocenters. The molecule has 2 amide bonds. The molecule has 1 heterocycles. The largest absolute Gasteiger partial charge is 0.274 e. The fourth-order valence-corrected chi connectivity index (χ4v) is 4.84. The second kappa shape index (κ2) is 5.68. The van der Waals surface area contributed by atoms with Crippen LogP contribution in [-0.2, 0) is 14.8 Å². The molecule has 1 aliphatic heterocycles. The molecule has 126 valence electrons. The van der Waals surface area contributed by atoms with E-state index in [1.165, 1.54) is 23.4 Å². The molecule has 0 aliphatic carbocycles. The molecule has 0 N–H and O–H groups in total. The third-order valence-corrected chi connectivity index (χ3v) is 6.40. The molecular formula is C17H18N2O4S. The van der Waals surface area contributed by atoms with Crippen LogP contribution in [0.15, 0.2) is 35.2 Å². The summed E-state index contributed by atoms with van der Waals surface area (Å²) in [6.45, 7) is 5.60. The highest BCUT2D eigenvalue weighted by atomic mass is 32.2. The van der Waals surface area contributed by atoms with Crippen molar-refractivity contribution in [1.29, 1.82) is 0 Å². The third kappa shape index (κ3) is 2.16. The van der Waals surface area contributed by atoms with E-state index in [2.05, 4.69) is 0 Å². The van der Waals surface area contributed by atoms with Gasteiger partial charge in [0.05, 0.1) is 16.1 Å². The van der Waals surface area contributed by atoms with E-state index >= 15 is 0 Å². The summed E-state index contributed by atoms with van der Waals surface area (Å²) in [7, 11) is -3.67. The molecule has 2 aromatic carbocycles. The lowest BCUT2D eigenvalue weighted by molar-refractivity contribution is -0.115. The highest BCUT2D eigenvalue weighted by molar-refractivity contribution is 7.89. The van der Waals surface area contributed by atoms with Crippen molar-refractivity contribution in [2.75, 3.05) is 18.0 Å². The number of hydrogen-bond acceptors (Lipinski definition) is 4. The standard InChI is InChI=1S/C17H18N2O4S/c1-4-18(5-2)24(22,23)15-10-9-14-16-12(15)7-6-8-13(16)17(21)19(14)11(3)20/h6-10H,4-5H2,1-3H3. The van der Waals surface area contributed by atoms with Gasteiger partial charge in [0, 0.05) is 30.8 Å². The lowest BCUT2D eigenvalue weighted by Gasteiger charge is -2.20. The van der Waals surface area contributed by atoms with Gasteiger partial charge in [-0.25, -0.2) is 13.3 Å². The van der Waals surface area contributed by atoms with E-state index in [4.69, 9.17) is 0 Å². The van der Waals surface area contributed by atoms with E-state index in [1.807, 2.05) is 0 Å². The molecule has 2 aromatic rings. The lowest BCUT2D eigenvalue weighted by atomic mass is 10.1. The van der Waals surface area contributed by atoms with Crippen LogP contribution in [0.5, 0.6) is 0 Å². The number of anilines is 1. The van der Waals surface area contributed by atoms with Crippen molar-refractivity contribution in [1.82, 2.24) is 4.31 Å². The van der Waals surface area contributed by atoms with Gasteiger partial charge in [-0.2, -0.15) is 4.31 Å². The summed E-state index contributed by atoms with van der Waals surface area (Å²) in [5.74, 6) is -0.808. The fraction of sp³-hybridized carbons (Fsp3) is 0.294. The number of hydrogen-bond donors (Lipinski definition) is 0. The Morgan fingerprint density at radius 2 is 1.79 bits per heavy atom. The summed E-state index contributed by atoms with van der Waals surface area (Å²) in [6, 6.07) is 7.95. The van der Waals surface area contributed by atoms with Gasteiger partial charge < -0.3 is 0 Å². The number of nitrogens with zero attached hydrogens (tertiary/aromatic N) is 2. The van der Waals surface area contributed by atoms with Crippen LogP contribution < -0.4 is 4.90 Å². The molecule has 24 heavy (non-hydrogen) atoms. The van der Waals surface area contributed by atoms with Crippen molar-refractivity contribution >= 4 is 38.3 Å². The molecule has 0 saturated carbocycles. The topological polar surface area (TPSA) is 74.8 Å². The Bertz CT molecular complexity index is 962. The number of carbonyl (C=O) groups excluding carboxylic acids is 2. The normalized spacial score (nSPS) is 14.0. The van der Waals surface area contributed by atoms with E-state index in [9.17, 15) is 18.0 Å². The van der Waals surface area contributed by atoms with Gasteiger partial charge in [-0.3, -0.25) is 9.59 Å². The molecular weight excluding hydrogens is 328 g/mol. The van der Waals surface area contributed by atoms with E-state index < -0.39 is 21.8 Å². The average Bonchev–Trinajstić information content (AvgIpc) is 2.83. The van der Waals surface area contributed by atoms with Crippen molar-refractivity contribution in [3.05, 3.63) is 35.9 Å². The van der Waals surface area contributed by atoms with Gasteiger partial charge in [-0.15, -0.1) is 0 Å². The van der Waals surface area contributed by atoms with Crippen LogP contribution in [0.4, 0.5) is 5.69 Å². The van der Waals surface area contributed by atoms with Crippen LogP contribution in [0.1, 0.15) is 31.1 Å². The molecule has 0 spiro atoms. The number of carbonyl (C=O) groups is 2. The fourth-order valence-electron chi connectivity index (χ4n) is 3.20. The smallest absolute Gasteiger partial charge is 0.265 e. The molecule has 0 fully saturated rings. The number of imide groups is 1. The first-order valence-corrected chi connectivity index (χ1v) is 9.19. The number of rotatable bonds is 4. The Balaban J connectivity index is 2.34. The predicted octanol–water partition coefficient (Wildman–Crippen LogP) is 2.38. The maximum Gasteiger partial charge on any atom is 0.265 e. The SMILES string of the molecule is CCN(CC)S(=O)(=O)c1ccc2c3c(cccc13)C(=O)N2C(C)=O. The maximum absolute atomic E-state index is 12.9. The minimum atomic E-state index is -3.67. The predicted molar refractivity (Wildman–Crippen MR) is 91.5 cm³/mol. The van der Waals surface area contributed by atoms with Crippen molar-refractivity contribution in [3.63, 3.8) is 0 Å². The lowest BCUT2D eigenvalue weighted by Crippen LogP contribution is -2.31. The van der Waals surface area contributed by atoms with Gasteiger partial charge in [-0.05, 0) is 18.2 Å². The van der Waals surface area contributed by atoms with Gasteiger partial charge >= 0.3 is 0 Å². The van der Waals surface area contributed by atoms with Crippen LogP contribution in [0.25, 0.3) is 10.8 Å². The molecule has 6 nitrogen and oxygen atoms in total. The van der Waals surface area contributed by atoms with Gasteiger partial charge in [0.25, 0.3) is 5.91 Å². The first-order valence-electron chi connectivity index (χ1n) is 7.75. The average molecular weight is 346 g/mol. The van der Waals surface area contributed by atoms with Crippen molar-refractivity contribution in [2.45, 2.75) is 25.7 Å². The Morgan fingerprint density at radius 3 is 2.38 bits per heavy atom. The number of amides is 2. The Labute approximate surface area is 140 Å². The second-order valence-corrected chi connectivity index (χ2v) is 7.47. The first-order chi connectivity index (χ1) is 11.3. The van der Waals surface area contributed by atoms with E-state index in [-0.39, 0.29) is 4.90 Å². The summed E-state index contributed by atoms with van der Waals surface area (Å²) < 4.78 is 27.2. The Kier molecular flexibility index (Phi) is 3.93. The Morgan fingerprint density at radius 1 is 1.12 bits per heavy atom. The zero-order valence-electron chi connectivity index (χ0n) is 13.7. The van der Waals surface area contributed by atoms with E-state index in [0.717, 1.165) is 4.90 Å². The molecule has 7 heteroatoms. The van der Waals surface area contributed by atoms with Gasteiger partial charge in [0.15, 0.2) is 0 Å². The minimum Gasteiger partial charge on any atom is -0.274 e. The molecule has 0 aromatic heterocycles. The maximum atomic E-state index is 12.9. The highest BCUT2D eigenvalue weighted by Gasteiger charge is 2.35. The quantitative estimate of drug-likeness (QED) is 0.852. The molecule has 0 saturated heterocycles. The monoisotopic (exact) mass is 346 g/mol. The summed E-state index contributed by atoms with van der Waals surface area (Å²) in [4.78, 5) is 25.5. The molecule has 3 rings (SSSR count). The van der Waals surface area contributed by atoms with Gasteiger partial charge in [-0.1, -0.05) is 26.0 Å². The zero-order valence-corrected chi connectivity index (χ0v) is 14.6. The third-order valence-electron chi connectivity index (χ3n) is 4.29.